The lowest BCUT2D eigenvalue weighted by atomic mass is 10.1. The molecule has 0 rings (SSSR count). The molecule has 0 radical (unpaired) electrons. The summed E-state index contributed by atoms with van der Waals surface area (Å²) in [6.07, 6.45) is 0.00116. The summed E-state index contributed by atoms with van der Waals surface area (Å²) in [5, 5.41) is 11.0. The summed E-state index contributed by atoms with van der Waals surface area (Å²) in [6.45, 7) is 0. The van der Waals surface area contributed by atoms with Crippen LogP contribution in [-0.4, -0.2) is 36.1 Å². The van der Waals surface area contributed by atoms with Gasteiger partial charge < -0.3 is 21.9 Å². The van der Waals surface area contributed by atoms with Gasteiger partial charge in [-0.05, 0) is 13.5 Å². The number of amides is 1. The monoisotopic (exact) mass is 175 g/mol. The van der Waals surface area contributed by atoms with E-state index < -0.39 is 24.0 Å². The standard InChI is InChI=1S/C6H13N3O3/c1-9-4(6(11)12)2-3(7)5(8)10/h3-4,9H,2,7H2,1H3,(H2,8,10)(H,11,12)/t3?,4-/m0/s1. The van der Waals surface area contributed by atoms with Crippen LogP contribution in [0.2, 0.25) is 0 Å². The van der Waals surface area contributed by atoms with Crippen molar-refractivity contribution in [2.75, 3.05) is 7.05 Å². The van der Waals surface area contributed by atoms with Gasteiger partial charge in [0.1, 0.15) is 6.04 Å². The second-order valence-corrected chi connectivity index (χ2v) is 2.42. The first kappa shape index (κ1) is 10.9. The molecule has 0 aliphatic heterocycles. The number of hydrogen-bond donors (Lipinski definition) is 4. The van der Waals surface area contributed by atoms with E-state index >= 15 is 0 Å². The molecule has 6 heteroatoms. The fourth-order valence-electron chi connectivity index (χ4n) is 0.712. The molecule has 0 heterocycles. The maximum absolute atomic E-state index is 10.4. The average molecular weight is 175 g/mol. The highest BCUT2D eigenvalue weighted by Crippen LogP contribution is 1.95. The van der Waals surface area contributed by atoms with Crippen LogP contribution in [0.15, 0.2) is 0 Å². The lowest BCUT2D eigenvalue weighted by molar-refractivity contribution is -0.139. The molecule has 0 aromatic heterocycles. The van der Waals surface area contributed by atoms with Crippen LogP contribution >= 0.6 is 0 Å². The van der Waals surface area contributed by atoms with Gasteiger partial charge in [0.15, 0.2) is 0 Å². The van der Waals surface area contributed by atoms with Crippen LogP contribution in [0, 0.1) is 0 Å². The van der Waals surface area contributed by atoms with Crippen molar-refractivity contribution in [2.45, 2.75) is 18.5 Å². The molecule has 0 saturated carbocycles. The zero-order valence-corrected chi connectivity index (χ0v) is 6.78. The summed E-state index contributed by atoms with van der Waals surface area (Å²) in [5.74, 6) is -1.74. The van der Waals surface area contributed by atoms with Crippen molar-refractivity contribution < 1.29 is 14.7 Å². The third-order valence-electron chi connectivity index (χ3n) is 1.50. The molecular weight excluding hydrogens is 162 g/mol. The molecule has 0 saturated heterocycles. The van der Waals surface area contributed by atoms with E-state index in [4.69, 9.17) is 16.6 Å². The number of primary amides is 1. The quantitative estimate of drug-likeness (QED) is 0.380. The predicted octanol–water partition coefficient (Wildman–Crippen LogP) is -2.14. The van der Waals surface area contributed by atoms with E-state index in [-0.39, 0.29) is 6.42 Å². The van der Waals surface area contributed by atoms with Crippen LogP contribution in [0.3, 0.4) is 0 Å². The van der Waals surface area contributed by atoms with E-state index in [0.717, 1.165) is 0 Å². The Balaban J connectivity index is 4.02. The minimum Gasteiger partial charge on any atom is -0.480 e. The van der Waals surface area contributed by atoms with Crippen molar-refractivity contribution in [3.8, 4) is 0 Å². The van der Waals surface area contributed by atoms with Crippen LogP contribution in [0.25, 0.3) is 0 Å². The number of carboxylic acids is 1. The number of rotatable bonds is 5. The van der Waals surface area contributed by atoms with E-state index in [0.29, 0.717) is 0 Å². The van der Waals surface area contributed by atoms with Crippen LogP contribution in [0.5, 0.6) is 0 Å². The number of carbonyl (C=O) groups is 2. The van der Waals surface area contributed by atoms with E-state index in [2.05, 4.69) is 5.32 Å². The first-order valence-electron chi connectivity index (χ1n) is 3.44. The number of hydrogen-bond acceptors (Lipinski definition) is 4. The molecule has 6 nitrogen and oxygen atoms in total. The van der Waals surface area contributed by atoms with Gasteiger partial charge in [-0.2, -0.15) is 0 Å². The topological polar surface area (TPSA) is 118 Å². The lowest BCUT2D eigenvalue weighted by Crippen LogP contribution is -2.45. The van der Waals surface area contributed by atoms with Gasteiger partial charge in [-0.3, -0.25) is 9.59 Å². The molecule has 0 aliphatic carbocycles. The smallest absolute Gasteiger partial charge is 0.320 e. The molecule has 0 aromatic carbocycles. The number of carboxylic acid groups (broad SMARTS) is 1. The van der Waals surface area contributed by atoms with Crippen molar-refractivity contribution in [2.24, 2.45) is 11.5 Å². The number of aliphatic carboxylic acids is 1. The third-order valence-corrected chi connectivity index (χ3v) is 1.50. The second-order valence-electron chi connectivity index (χ2n) is 2.42. The molecule has 0 spiro atoms. The Morgan fingerprint density at radius 3 is 2.33 bits per heavy atom. The van der Waals surface area contributed by atoms with E-state index in [1.54, 1.807) is 0 Å². The van der Waals surface area contributed by atoms with Crippen LogP contribution in [0.1, 0.15) is 6.42 Å². The van der Waals surface area contributed by atoms with Crippen molar-refractivity contribution in [1.82, 2.24) is 5.32 Å². The maximum atomic E-state index is 10.4. The maximum Gasteiger partial charge on any atom is 0.320 e. The van der Waals surface area contributed by atoms with E-state index in [9.17, 15) is 9.59 Å². The Bertz CT molecular complexity index is 183. The molecule has 1 amide bonds. The number of likely N-dealkylation sites (N-methyl/N-ethyl adjacent to an activating group) is 1. The highest BCUT2D eigenvalue weighted by Gasteiger charge is 2.21. The Kier molecular flexibility index (Phi) is 4.24. The molecule has 0 aromatic rings. The zero-order valence-electron chi connectivity index (χ0n) is 6.78. The van der Waals surface area contributed by atoms with Crippen LogP contribution < -0.4 is 16.8 Å². The van der Waals surface area contributed by atoms with Gasteiger partial charge in [-0.25, -0.2) is 0 Å². The molecule has 12 heavy (non-hydrogen) atoms. The molecular formula is C6H13N3O3. The van der Waals surface area contributed by atoms with Gasteiger partial charge >= 0.3 is 5.97 Å². The molecule has 6 N–H and O–H groups in total. The molecule has 1 unspecified atom stereocenters. The molecule has 0 fully saturated rings. The van der Waals surface area contributed by atoms with Gasteiger partial charge in [0.25, 0.3) is 0 Å². The minimum absolute atomic E-state index is 0.00116. The second kappa shape index (κ2) is 4.68. The summed E-state index contributed by atoms with van der Waals surface area (Å²) in [4.78, 5) is 20.9. The Labute approximate surface area is 69.9 Å². The summed E-state index contributed by atoms with van der Waals surface area (Å²) in [5.41, 5.74) is 10.1. The highest BCUT2D eigenvalue weighted by atomic mass is 16.4. The normalized spacial score (nSPS) is 15.2. The lowest BCUT2D eigenvalue weighted by Gasteiger charge is -2.13. The molecule has 70 valence electrons. The van der Waals surface area contributed by atoms with Gasteiger partial charge in [-0.1, -0.05) is 0 Å². The fraction of sp³-hybridized carbons (Fsp3) is 0.667. The minimum atomic E-state index is -1.05. The van der Waals surface area contributed by atoms with E-state index in [1.807, 2.05) is 0 Å². The SMILES string of the molecule is CN[C@@H](CC(N)C(N)=O)C(=O)O. The summed E-state index contributed by atoms with van der Waals surface area (Å²) < 4.78 is 0. The predicted molar refractivity (Wildman–Crippen MR) is 42.3 cm³/mol. The van der Waals surface area contributed by atoms with Gasteiger partial charge in [0, 0.05) is 0 Å². The fourth-order valence-corrected chi connectivity index (χ4v) is 0.712. The zero-order chi connectivity index (χ0) is 9.72. The number of nitrogens with two attached hydrogens (primary N) is 2. The Morgan fingerprint density at radius 2 is 2.08 bits per heavy atom. The number of nitrogens with one attached hydrogen (secondary N) is 1. The molecule has 0 bridgehead atoms. The Morgan fingerprint density at radius 1 is 1.58 bits per heavy atom. The Hall–Kier alpha value is -1.14. The van der Waals surface area contributed by atoms with Crippen LogP contribution in [-0.2, 0) is 9.59 Å². The average Bonchev–Trinajstić information content (AvgIpc) is 1.98. The van der Waals surface area contributed by atoms with Crippen molar-refractivity contribution in [1.29, 1.82) is 0 Å². The summed E-state index contributed by atoms with van der Waals surface area (Å²) in [7, 11) is 1.48. The highest BCUT2D eigenvalue weighted by molar-refractivity contribution is 5.81. The van der Waals surface area contributed by atoms with Crippen molar-refractivity contribution >= 4 is 11.9 Å². The summed E-state index contributed by atoms with van der Waals surface area (Å²) >= 11 is 0. The van der Waals surface area contributed by atoms with Gasteiger partial charge in [-0.15, -0.1) is 0 Å². The summed E-state index contributed by atoms with van der Waals surface area (Å²) in [6, 6.07) is -1.74. The van der Waals surface area contributed by atoms with Crippen molar-refractivity contribution in [3.63, 3.8) is 0 Å². The van der Waals surface area contributed by atoms with Crippen molar-refractivity contribution in [3.05, 3.63) is 0 Å². The molecule has 2 atom stereocenters. The van der Waals surface area contributed by atoms with Gasteiger partial charge in [0.2, 0.25) is 5.91 Å². The van der Waals surface area contributed by atoms with E-state index in [1.165, 1.54) is 7.05 Å². The third kappa shape index (κ3) is 3.31. The largest absolute Gasteiger partial charge is 0.480 e. The molecule has 0 aliphatic rings. The first-order chi connectivity index (χ1) is 5.49. The van der Waals surface area contributed by atoms with Crippen LogP contribution in [0.4, 0.5) is 0 Å². The first-order valence-corrected chi connectivity index (χ1v) is 3.44. The number of carbonyl (C=O) groups excluding carboxylic acids is 1. The van der Waals surface area contributed by atoms with Gasteiger partial charge in [0.05, 0.1) is 6.04 Å².